The van der Waals surface area contributed by atoms with E-state index in [-0.39, 0.29) is 21.3 Å². The van der Waals surface area contributed by atoms with Crippen LogP contribution in [0.2, 0.25) is 5.02 Å². The second-order valence-electron chi connectivity index (χ2n) is 7.46. The topological polar surface area (TPSA) is 101 Å². The zero-order chi connectivity index (χ0) is 22.9. The lowest BCUT2D eigenvalue weighted by Gasteiger charge is -2.17. The standard InChI is InChI=1S/C22H21ClN4O4S/c1-15-13-19(28)21(25-27(15)17-7-3-2-4-8-17)22(29)24-16-9-10-18(23)20(14-16)32(30,31)26-11-5-6-12-26/h2-4,7-10,13-14H,5-6,11-12H2,1H3,(H,24,29). The van der Waals surface area contributed by atoms with E-state index in [4.69, 9.17) is 11.6 Å². The zero-order valence-electron chi connectivity index (χ0n) is 17.3. The van der Waals surface area contributed by atoms with Gasteiger partial charge in [-0.2, -0.15) is 9.40 Å². The van der Waals surface area contributed by atoms with Gasteiger partial charge in [0.25, 0.3) is 5.91 Å². The molecule has 1 fully saturated rings. The predicted molar refractivity (Wildman–Crippen MR) is 122 cm³/mol. The van der Waals surface area contributed by atoms with E-state index in [2.05, 4.69) is 10.4 Å². The summed E-state index contributed by atoms with van der Waals surface area (Å²) in [5.41, 5.74) is 0.627. The largest absolute Gasteiger partial charge is 0.320 e. The molecule has 1 aromatic heterocycles. The normalized spacial score (nSPS) is 14.4. The molecule has 3 aromatic rings. The SMILES string of the molecule is Cc1cc(=O)c(C(=O)Nc2ccc(Cl)c(S(=O)(=O)N3CCCC3)c2)nn1-c1ccccc1. The summed E-state index contributed by atoms with van der Waals surface area (Å²) in [6.07, 6.45) is 1.58. The fourth-order valence-electron chi connectivity index (χ4n) is 3.57. The van der Waals surface area contributed by atoms with Gasteiger partial charge >= 0.3 is 0 Å². The van der Waals surface area contributed by atoms with Crippen LogP contribution in [0.4, 0.5) is 5.69 Å². The molecule has 0 spiro atoms. The summed E-state index contributed by atoms with van der Waals surface area (Å²) in [4.78, 5) is 25.2. The fourth-order valence-corrected chi connectivity index (χ4v) is 5.59. The fraction of sp³-hybridized carbons (Fsp3) is 0.227. The van der Waals surface area contributed by atoms with Crippen LogP contribution in [0.25, 0.3) is 5.69 Å². The lowest BCUT2D eigenvalue weighted by atomic mass is 10.2. The number of anilines is 1. The van der Waals surface area contributed by atoms with Crippen LogP contribution in [-0.2, 0) is 10.0 Å². The molecule has 0 unspecified atom stereocenters. The summed E-state index contributed by atoms with van der Waals surface area (Å²) < 4.78 is 28.7. The van der Waals surface area contributed by atoms with Gasteiger partial charge in [0, 0.05) is 30.5 Å². The van der Waals surface area contributed by atoms with Crippen molar-refractivity contribution < 1.29 is 13.2 Å². The van der Waals surface area contributed by atoms with E-state index in [9.17, 15) is 18.0 Å². The van der Waals surface area contributed by atoms with Crippen LogP contribution in [0.5, 0.6) is 0 Å². The Morgan fingerprint density at radius 1 is 1.06 bits per heavy atom. The highest BCUT2D eigenvalue weighted by molar-refractivity contribution is 7.89. The molecule has 0 aliphatic carbocycles. The third-order valence-corrected chi connectivity index (χ3v) is 7.58. The van der Waals surface area contributed by atoms with Crippen molar-refractivity contribution in [2.75, 3.05) is 18.4 Å². The van der Waals surface area contributed by atoms with Crippen molar-refractivity contribution >= 4 is 33.2 Å². The lowest BCUT2D eigenvalue weighted by molar-refractivity contribution is 0.101. The van der Waals surface area contributed by atoms with Crippen molar-refractivity contribution in [3.8, 4) is 5.69 Å². The van der Waals surface area contributed by atoms with E-state index in [0.717, 1.165) is 12.8 Å². The van der Waals surface area contributed by atoms with Gasteiger partial charge in [0.1, 0.15) is 4.90 Å². The summed E-state index contributed by atoms with van der Waals surface area (Å²) in [7, 11) is -3.78. The number of rotatable bonds is 5. The summed E-state index contributed by atoms with van der Waals surface area (Å²) in [5.74, 6) is -0.744. The molecule has 4 rings (SSSR count). The van der Waals surface area contributed by atoms with E-state index >= 15 is 0 Å². The minimum Gasteiger partial charge on any atom is -0.320 e. The van der Waals surface area contributed by atoms with Crippen LogP contribution in [0.1, 0.15) is 29.0 Å². The summed E-state index contributed by atoms with van der Waals surface area (Å²) in [6, 6.07) is 14.6. The Bertz CT molecular complexity index is 1330. The molecular formula is C22H21ClN4O4S. The molecule has 1 N–H and O–H groups in total. The number of para-hydroxylation sites is 1. The molecule has 32 heavy (non-hydrogen) atoms. The van der Waals surface area contributed by atoms with Gasteiger partial charge in [-0.05, 0) is 50.1 Å². The molecule has 1 saturated heterocycles. The number of nitrogens with one attached hydrogen (secondary N) is 1. The molecule has 1 aliphatic heterocycles. The quantitative estimate of drug-likeness (QED) is 0.614. The van der Waals surface area contributed by atoms with Gasteiger partial charge < -0.3 is 5.32 Å². The van der Waals surface area contributed by atoms with Crippen molar-refractivity contribution in [2.24, 2.45) is 0 Å². The number of hydrogen-bond donors (Lipinski definition) is 1. The highest BCUT2D eigenvalue weighted by Gasteiger charge is 2.29. The number of carbonyl (C=O) groups is 1. The van der Waals surface area contributed by atoms with Crippen LogP contribution in [-0.4, -0.2) is 41.5 Å². The summed E-state index contributed by atoms with van der Waals surface area (Å²) in [6.45, 7) is 2.58. The van der Waals surface area contributed by atoms with Crippen LogP contribution < -0.4 is 10.7 Å². The van der Waals surface area contributed by atoms with E-state index in [1.165, 1.54) is 33.3 Å². The number of carbonyl (C=O) groups excluding carboxylic acids is 1. The molecular weight excluding hydrogens is 452 g/mol. The number of hydrogen-bond acceptors (Lipinski definition) is 5. The molecule has 0 atom stereocenters. The maximum atomic E-state index is 12.9. The van der Waals surface area contributed by atoms with Crippen molar-refractivity contribution in [2.45, 2.75) is 24.7 Å². The number of benzene rings is 2. The number of aryl methyl sites for hydroxylation is 1. The lowest BCUT2D eigenvalue weighted by Crippen LogP contribution is -2.28. The highest BCUT2D eigenvalue weighted by Crippen LogP contribution is 2.29. The van der Waals surface area contributed by atoms with Gasteiger partial charge in [-0.15, -0.1) is 0 Å². The average molecular weight is 473 g/mol. The number of sulfonamides is 1. The van der Waals surface area contributed by atoms with Crippen LogP contribution in [0, 0.1) is 6.92 Å². The maximum absolute atomic E-state index is 12.9. The van der Waals surface area contributed by atoms with Gasteiger partial charge in [-0.3, -0.25) is 9.59 Å². The Morgan fingerprint density at radius 3 is 2.44 bits per heavy atom. The number of aromatic nitrogens is 2. The molecule has 166 valence electrons. The first-order valence-electron chi connectivity index (χ1n) is 10.0. The van der Waals surface area contributed by atoms with E-state index in [0.29, 0.717) is 24.5 Å². The van der Waals surface area contributed by atoms with E-state index in [1.807, 2.05) is 18.2 Å². The van der Waals surface area contributed by atoms with Gasteiger partial charge in [0.2, 0.25) is 15.5 Å². The van der Waals surface area contributed by atoms with Gasteiger partial charge in [-0.25, -0.2) is 13.1 Å². The van der Waals surface area contributed by atoms with Crippen molar-refractivity contribution in [3.05, 3.63) is 81.2 Å². The number of halogens is 1. The molecule has 0 radical (unpaired) electrons. The van der Waals surface area contributed by atoms with Gasteiger partial charge in [-0.1, -0.05) is 29.8 Å². The second kappa shape index (κ2) is 8.85. The molecule has 0 saturated carbocycles. The molecule has 1 amide bonds. The molecule has 0 bridgehead atoms. The molecule has 10 heteroatoms. The minimum atomic E-state index is -3.78. The Hall–Kier alpha value is -3.01. The first kappa shape index (κ1) is 22.2. The molecule has 2 aromatic carbocycles. The van der Waals surface area contributed by atoms with Crippen LogP contribution in [0.15, 0.2) is 64.3 Å². The Kier molecular flexibility index (Phi) is 6.14. The maximum Gasteiger partial charge on any atom is 0.280 e. The van der Waals surface area contributed by atoms with Crippen LogP contribution >= 0.6 is 11.6 Å². The minimum absolute atomic E-state index is 0.0646. The van der Waals surface area contributed by atoms with Crippen molar-refractivity contribution in [1.29, 1.82) is 0 Å². The smallest absolute Gasteiger partial charge is 0.280 e. The second-order valence-corrected chi connectivity index (χ2v) is 9.77. The first-order chi connectivity index (χ1) is 15.3. The van der Waals surface area contributed by atoms with Crippen LogP contribution in [0.3, 0.4) is 0 Å². The third-order valence-electron chi connectivity index (χ3n) is 5.20. The van der Waals surface area contributed by atoms with Crippen molar-refractivity contribution in [3.63, 3.8) is 0 Å². The number of amides is 1. The Labute approximate surface area is 190 Å². The summed E-state index contributed by atoms with van der Waals surface area (Å²) in [5, 5.41) is 6.87. The van der Waals surface area contributed by atoms with Gasteiger partial charge in [0.15, 0.2) is 5.69 Å². The van der Waals surface area contributed by atoms with Crippen molar-refractivity contribution in [1.82, 2.24) is 14.1 Å². The molecule has 8 nitrogen and oxygen atoms in total. The monoisotopic (exact) mass is 472 g/mol. The van der Waals surface area contributed by atoms with E-state index in [1.54, 1.807) is 19.1 Å². The molecule has 1 aliphatic rings. The first-order valence-corrected chi connectivity index (χ1v) is 11.9. The van der Waals surface area contributed by atoms with Gasteiger partial charge in [0.05, 0.1) is 10.7 Å². The zero-order valence-corrected chi connectivity index (χ0v) is 18.9. The average Bonchev–Trinajstić information content (AvgIpc) is 3.31. The number of nitrogens with zero attached hydrogens (tertiary/aromatic N) is 3. The highest BCUT2D eigenvalue weighted by atomic mass is 35.5. The Balaban J connectivity index is 1.66. The third kappa shape index (κ3) is 4.32. The predicted octanol–water partition coefficient (Wildman–Crippen LogP) is 3.23. The Morgan fingerprint density at radius 2 is 1.75 bits per heavy atom. The van der Waals surface area contributed by atoms with E-state index < -0.39 is 21.4 Å². The molecule has 2 heterocycles. The summed E-state index contributed by atoms with van der Waals surface area (Å²) >= 11 is 6.16.